The van der Waals surface area contributed by atoms with E-state index in [4.69, 9.17) is 0 Å². The molecule has 2 aromatic rings. The third-order valence-corrected chi connectivity index (χ3v) is 6.06. The number of hydrogen-bond acceptors (Lipinski definition) is 2. The van der Waals surface area contributed by atoms with E-state index in [2.05, 4.69) is 17.4 Å². The highest BCUT2D eigenvalue weighted by Crippen LogP contribution is 2.19. The van der Waals surface area contributed by atoms with Gasteiger partial charge >= 0.3 is 0 Å². The van der Waals surface area contributed by atoms with Crippen molar-refractivity contribution in [3.8, 4) is 0 Å². The number of carbonyl (C=O) groups excluding carboxylic acids is 2. The Morgan fingerprint density at radius 1 is 0.967 bits per heavy atom. The zero-order valence-corrected chi connectivity index (χ0v) is 18.3. The molecule has 4 heteroatoms. The van der Waals surface area contributed by atoms with Gasteiger partial charge in [-0.2, -0.15) is 0 Å². The van der Waals surface area contributed by atoms with Crippen molar-refractivity contribution < 1.29 is 9.59 Å². The highest BCUT2D eigenvalue weighted by molar-refractivity contribution is 5.87. The first-order chi connectivity index (χ1) is 14.5. The van der Waals surface area contributed by atoms with Gasteiger partial charge < -0.3 is 10.2 Å². The fraction of sp³-hybridized carbons (Fsp3) is 0.462. The van der Waals surface area contributed by atoms with Gasteiger partial charge in [-0.15, -0.1) is 0 Å². The molecule has 3 rings (SSSR count). The highest BCUT2D eigenvalue weighted by atomic mass is 16.2. The number of carbonyl (C=O) groups is 2. The summed E-state index contributed by atoms with van der Waals surface area (Å²) in [5, 5.41) is 3.19. The summed E-state index contributed by atoms with van der Waals surface area (Å²) in [5.41, 5.74) is 3.37. The van der Waals surface area contributed by atoms with Crippen LogP contribution in [0.15, 0.2) is 54.6 Å². The molecule has 0 spiro atoms. The standard InChI is InChI=1S/C26H34N2O2/c1-20-13-15-23(16-14-20)19-28(25(29)18-17-22-9-5-3-6-10-22)21(2)26(30)27-24-11-7-4-8-12-24/h3,5-6,9-10,13-16,21,24H,4,7-8,11-12,17-19H2,1-2H3,(H,27,30)/t21-/m1/s1. The van der Waals surface area contributed by atoms with E-state index in [1.165, 1.54) is 24.8 Å². The van der Waals surface area contributed by atoms with Crippen LogP contribution in [0.2, 0.25) is 0 Å². The van der Waals surface area contributed by atoms with Gasteiger partial charge in [-0.05, 0) is 44.2 Å². The number of aryl methyl sites for hydroxylation is 2. The summed E-state index contributed by atoms with van der Waals surface area (Å²) in [6.07, 6.45) is 6.75. The quantitative estimate of drug-likeness (QED) is 0.685. The van der Waals surface area contributed by atoms with Crippen molar-refractivity contribution in [2.45, 2.75) is 77.4 Å². The summed E-state index contributed by atoms with van der Waals surface area (Å²) in [7, 11) is 0. The van der Waals surface area contributed by atoms with Gasteiger partial charge in [0.2, 0.25) is 11.8 Å². The second kappa shape index (κ2) is 11.0. The molecule has 1 atom stereocenters. The van der Waals surface area contributed by atoms with Gasteiger partial charge in [0, 0.05) is 19.0 Å². The van der Waals surface area contributed by atoms with Crippen molar-refractivity contribution in [1.29, 1.82) is 0 Å². The number of nitrogens with one attached hydrogen (secondary N) is 1. The predicted molar refractivity (Wildman–Crippen MR) is 121 cm³/mol. The van der Waals surface area contributed by atoms with Crippen LogP contribution in [0.4, 0.5) is 0 Å². The monoisotopic (exact) mass is 406 g/mol. The maximum Gasteiger partial charge on any atom is 0.242 e. The number of nitrogens with zero attached hydrogens (tertiary/aromatic N) is 1. The second-order valence-electron chi connectivity index (χ2n) is 8.51. The Morgan fingerprint density at radius 2 is 1.63 bits per heavy atom. The van der Waals surface area contributed by atoms with Crippen LogP contribution in [0.3, 0.4) is 0 Å². The van der Waals surface area contributed by atoms with Gasteiger partial charge in [-0.1, -0.05) is 79.4 Å². The Balaban J connectivity index is 1.68. The summed E-state index contributed by atoms with van der Waals surface area (Å²) in [4.78, 5) is 27.9. The van der Waals surface area contributed by atoms with Crippen molar-refractivity contribution in [2.75, 3.05) is 0 Å². The zero-order chi connectivity index (χ0) is 21.3. The van der Waals surface area contributed by atoms with Crippen LogP contribution < -0.4 is 5.32 Å². The molecule has 1 aliphatic rings. The molecule has 0 aliphatic heterocycles. The van der Waals surface area contributed by atoms with Crippen LogP contribution in [0.5, 0.6) is 0 Å². The first kappa shape index (κ1) is 22.1. The maximum atomic E-state index is 13.2. The largest absolute Gasteiger partial charge is 0.352 e. The molecule has 0 saturated heterocycles. The van der Waals surface area contributed by atoms with Crippen LogP contribution in [-0.4, -0.2) is 28.8 Å². The number of benzene rings is 2. The van der Waals surface area contributed by atoms with Crippen molar-refractivity contribution >= 4 is 11.8 Å². The van der Waals surface area contributed by atoms with Gasteiger partial charge in [-0.25, -0.2) is 0 Å². The van der Waals surface area contributed by atoms with E-state index in [1.54, 1.807) is 4.90 Å². The van der Waals surface area contributed by atoms with Crippen LogP contribution in [-0.2, 0) is 22.6 Å². The Hall–Kier alpha value is -2.62. The van der Waals surface area contributed by atoms with E-state index in [1.807, 2.05) is 56.3 Å². The predicted octanol–water partition coefficient (Wildman–Crippen LogP) is 4.79. The molecule has 0 radical (unpaired) electrons. The topological polar surface area (TPSA) is 49.4 Å². The molecule has 1 aliphatic carbocycles. The van der Waals surface area contributed by atoms with E-state index >= 15 is 0 Å². The molecule has 4 nitrogen and oxygen atoms in total. The van der Waals surface area contributed by atoms with E-state index in [0.717, 1.165) is 24.0 Å². The van der Waals surface area contributed by atoms with E-state index < -0.39 is 6.04 Å². The molecule has 30 heavy (non-hydrogen) atoms. The molecule has 160 valence electrons. The lowest BCUT2D eigenvalue weighted by Gasteiger charge is -2.31. The minimum absolute atomic E-state index is 0.0192. The third-order valence-electron chi connectivity index (χ3n) is 6.06. The van der Waals surface area contributed by atoms with Crippen LogP contribution >= 0.6 is 0 Å². The summed E-state index contributed by atoms with van der Waals surface area (Å²) < 4.78 is 0. The molecule has 0 heterocycles. The molecule has 2 aromatic carbocycles. The molecule has 0 bridgehead atoms. The summed E-state index contributed by atoms with van der Waals surface area (Å²) in [6.45, 7) is 4.35. The Kier molecular flexibility index (Phi) is 8.06. The van der Waals surface area contributed by atoms with Gasteiger partial charge in [-0.3, -0.25) is 9.59 Å². The van der Waals surface area contributed by atoms with Gasteiger partial charge in [0.15, 0.2) is 0 Å². The number of amides is 2. The average Bonchev–Trinajstić information content (AvgIpc) is 2.78. The maximum absolute atomic E-state index is 13.2. The van der Waals surface area contributed by atoms with Crippen LogP contribution in [0.25, 0.3) is 0 Å². The second-order valence-corrected chi connectivity index (χ2v) is 8.51. The number of rotatable bonds is 8. The lowest BCUT2D eigenvalue weighted by molar-refractivity contribution is -0.141. The summed E-state index contributed by atoms with van der Waals surface area (Å²) in [5.74, 6) is -0.0206. The normalized spacial score (nSPS) is 15.4. The lowest BCUT2D eigenvalue weighted by atomic mass is 9.95. The molecule has 2 amide bonds. The van der Waals surface area contributed by atoms with Gasteiger partial charge in [0.25, 0.3) is 0 Å². The molecule has 1 fully saturated rings. The Morgan fingerprint density at radius 3 is 2.30 bits per heavy atom. The molecule has 0 aromatic heterocycles. The molecule has 0 unspecified atom stereocenters. The molecule has 1 N–H and O–H groups in total. The Bertz CT molecular complexity index is 811. The Labute approximate surface area is 180 Å². The van der Waals surface area contributed by atoms with Crippen molar-refractivity contribution in [3.63, 3.8) is 0 Å². The average molecular weight is 407 g/mol. The molecular weight excluding hydrogens is 372 g/mol. The first-order valence-corrected chi connectivity index (χ1v) is 11.2. The zero-order valence-electron chi connectivity index (χ0n) is 18.3. The van der Waals surface area contributed by atoms with Crippen LogP contribution in [0.1, 0.15) is 62.1 Å². The van der Waals surface area contributed by atoms with Crippen molar-refractivity contribution in [3.05, 3.63) is 71.3 Å². The lowest BCUT2D eigenvalue weighted by Crippen LogP contribution is -2.50. The fourth-order valence-corrected chi connectivity index (χ4v) is 4.08. The fourth-order valence-electron chi connectivity index (χ4n) is 4.08. The molecule has 1 saturated carbocycles. The first-order valence-electron chi connectivity index (χ1n) is 11.2. The van der Waals surface area contributed by atoms with Crippen molar-refractivity contribution in [1.82, 2.24) is 10.2 Å². The molecular formula is C26H34N2O2. The van der Waals surface area contributed by atoms with E-state index in [9.17, 15) is 9.59 Å². The van der Waals surface area contributed by atoms with Crippen LogP contribution in [0, 0.1) is 6.92 Å². The number of hydrogen-bond donors (Lipinski definition) is 1. The van der Waals surface area contributed by atoms with E-state index in [0.29, 0.717) is 19.4 Å². The van der Waals surface area contributed by atoms with E-state index in [-0.39, 0.29) is 17.9 Å². The third kappa shape index (κ3) is 6.45. The van der Waals surface area contributed by atoms with Gasteiger partial charge in [0.1, 0.15) is 6.04 Å². The van der Waals surface area contributed by atoms with Gasteiger partial charge in [0.05, 0.1) is 0 Å². The summed E-state index contributed by atoms with van der Waals surface area (Å²) in [6, 6.07) is 18.0. The van der Waals surface area contributed by atoms with Crippen molar-refractivity contribution in [2.24, 2.45) is 0 Å². The SMILES string of the molecule is Cc1ccc(CN(C(=O)CCc2ccccc2)[C@H](C)C(=O)NC2CCCCC2)cc1. The minimum Gasteiger partial charge on any atom is -0.352 e. The smallest absolute Gasteiger partial charge is 0.242 e. The highest BCUT2D eigenvalue weighted by Gasteiger charge is 2.27. The summed E-state index contributed by atoms with van der Waals surface area (Å²) >= 11 is 0. The minimum atomic E-state index is -0.489.